The number of unbranched alkanes of at least 4 members (excludes halogenated alkanes) is 1. The van der Waals surface area contributed by atoms with Crippen LogP contribution >= 0.6 is 0 Å². The summed E-state index contributed by atoms with van der Waals surface area (Å²) in [6.07, 6.45) is 10.2. The van der Waals surface area contributed by atoms with Crippen LogP contribution < -0.4 is 0 Å². The van der Waals surface area contributed by atoms with Crippen LogP contribution in [0.25, 0.3) is 0 Å². The van der Waals surface area contributed by atoms with Gasteiger partial charge < -0.3 is 5.11 Å². The van der Waals surface area contributed by atoms with Gasteiger partial charge >= 0.3 is 0 Å². The van der Waals surface area contributed by atoms with E-state index in [-0.39, 0.29) is 6.10 Å². The third-order valence-corrected chi connectivity index (χ3v) is 3.61. The standard InChI is InChI=1S/C13H24O/c1-3-5-6-7-12-10-11(4-2)8-9-13(12)14/h3,11-14H,1,4-10H2,2H3. The highest BCUT2D eigenvalue weighted by Gasteiger charge is 2.27. The Balaban J connectivity index is 2.28. The molecule has 0 aliphatic heterocycles. The van der Waals surface area contributed by atoms with E-state index < -0.39 is 0 Å². The largest absolute Gasteiger partial charge is 0.393 e. The summed E-state index contributed by atoms with van der Waals surface area (Å²) in [6, 6.07) is 0. The van der Waals surface area contributed by atoms with E-state index in [9.17, 15) is 5.11 Å². The van der Waals surface area contributed by atoms with Crippen molar-refractivity contribution < 1.29 is 5.11 Å². The van der Waals surface area contributed by atoms with Crippen LogP contribution in [0.3, 0.4) is 0 Å². The van der Waals surface area contributed by atoms with Crippen LogP contribution in [0.2, 0.25) is 0 Å². The highest BCUT2D eigenvalue weighted by Crippen LogP contribution is 2.34. The second kappa shape index (κ2) is 6.23. The maximum atomic E-state index is 9.86. The minimum Gasteiger partial charge on any atom is -0.393 e. The quantitative estimate of drug-likeness (QED) is 0.527. The summed E-state index contributed by atoms with van der Waals surface area (Å²) in [5, 5.41) is 9.86. The molecular weight excluding hydrogens is 172 g/mol. The van der Waals surface area contributed by atoms with Gasteiger partial charge in [-0.1, -0.05) is 19.4 Å². The Morgan fingerprint density at radius 2 is 2.21 bits per heavy atom. The second-order valence-electron chi connectivity index (χ2n) is 4.63. The fourth-order valence-electron chi connectivity index (χ4n) is 2.55. The molecule has 1 heteroatoms. The third-order valence-electron chi connectivity index (χ3n) is 3.61. The molecule has 0 saturated heterocycles. The molecule has 3 atom stereocenters. The number of allylic oxidation sites excluding steroid dienone is 1. The van der Waals surface area contributed by atoms with E-state index in [1.807, 2.05) is 6.08 Å². The zero-order chi connectivity index (χ0) is 10.4. The molecule has 1 N–H and O–H groups in total. The topological polar surface area (TPSA) is 20.2 Å². The molecule has 1 rings (SSSR count). The summed E-state index contributed by atoms with van der Waals surface area (Å²) in [6.45, 7) is 6.00. The Bertz CT molecular complexity index is 165. The fraction of sp³-hybridized carbons (Fsp3) is 0.846. The SMILES string of the molecule is C=CCCCC1CC(CC)CCC1O. The molecule has 0 aromatic rings. The van der Waals surface area contributed by atoms with E-state index in [2.05, 4.69) is 13.5 Å². The van der Waals surface area contributed by atoms with Gasteiger partial charge in [0.15, 0.2) is 0 Å². The maximum Gasteiger partial charge on any atom is 0.0568 e. The minimum atomic E-state index is -0.0254. The first-order valence-corrected chi connectivity index (χ1v) is 6.06. The lowest BCUT2D eigenvalue weighted by Gasteiger charge is -2.32. The highest BCUT2D eigenvalue weighted by atomic mass is 16.3. The van der Waals surface area contributed by atoms with Crippen LogP contribution in [0.5, 0.6) is 0 Å². The smallest absolute Gasteiger partial charge is 0.0568 e. The lowest BCUT2D eigenvalue weighted by atomic mass is 9.76. The van der Waals surface area contributed by atoms with Crippen molar-refractivity contribution in [3.05, 3.63) is 12.7 Å². The van der Waals surface area contributed by atoms with E-state index in [0.29, 0.717) is 5.92 Å². The van der Waals surface area contributed by atoms with Crippen LogP contribution in [0.1, 0.15) is 51.9 Å². The maximum absolute atomic E-state index is 9.86. The fourth-order valence-corrected chi connectivity index (χ4v) is 2.55. The molecule has 3 unspecified atom stereocenters. The van der Waals surface area contributed by atoms with E-state index >= 15 is 0 Å². The van der Waals surface area contributed by atoms with Crippen molar-refractivity contribution in [2.75, 3.05) is 0 Å². The van der Waals surface area contributed by atoms with Gasteiger partial charge in [0, 0.05) is 0 Å². The molecule has 0 amide bonds. The lowest BCUT2D eigenvalue weighted by Crippen LogP contribution is -2.28. The van der Waals surface area contributed by atoms with Crippen molar-refractivity contribution in [3.8, 4) is 0 Å². The lowest BCUT2D eigenvalue weighted by molar-refractivity contribution is 0.0422. The van der Waals surface area contributed by atoms with Crippen LogP contribution in [-0.2, 0) is 0 Å². The molecule has 0 heterocycles. The van der Waals surface area contributed by atoms with Gasteiger partial charge in [-0.25, -0.2) is 0 Å². The number of hydrogen-bond acceptors (Lipinski definition) is 1. The van der Waals surface area contributed by atoms with Gasteiger partial charge in [-0.2, -0.15) is 0 Å². The number of hydrogen-bond donors (Lipinski definition) is 1. The molecule has 14 heavy (non-hydrogen) atoms. The average molecular weight is 196 g/mol. The Morgan fingerprint density at radius 1 is 1.43 bits per heavy atom. The number of aliphatic hydroxyl groups excluding tert-OH is 1. The van der Waals surface area contributed by atoms with Gasteiger partial charge in [-0.3, -0.25) is 0 Å². The van der Waals surface area contributed by atoms with Crippen LogP contribution in [0, 0.1) is 11.8 Å². The van der Waals surface area contributed by atoms with Crippen molar-refractivity contribution in [2.24, 2.45) is 11.8 Å². The van der Waals surface area contributed by atoms with E-state index in [1.165, 1.54) is 32.1 Å². The van der Waals surface area contributed by atoms with Crippen molar-refractivity contribution in [1.82, 2.24) is 0 Å². The monoisotopic (exact) mass is 196 g/mol. The molecule has 1 nitrogen and oxygen atoms in total. The van der Waals surface area contributed by atoms with Gasteiger partial charge in [0.2, 0.25) is 0 Å². The predicted octanol–water partition coefficient (Wildman–Crippen LogP) is 3.53. The van der Waals surface area contributed by atoms with Gasteiger partial charge in [-0.05, 0) is 50.4 Å². The van der Waals surface area contributed by atoms with Gasteiger partial charge in [-0.15, -0.1) is 6.58 Å². The molecular formula is C13H24O. The third kappa shape index (κ3) is 3.45. The Morgan fingerprint density at radius 3 is 2.86 bits per heavy atom. The molecule has 0 spiro atoms. The first-order chi connectivity index (χ1) is 6.77. The van der Waals surface area contributed by atoms with E-state index in [4.69, 9.17) is 0 Å². The molecule has 0 radical (unpaired) electrons. The van der Waals surface area contributed by atoms with Gasteiger partial charge in [0.25, 0.3) is 0 Å². The summed E-state index contributed by atoms with van der Waals surface area (Å²) in [5.41, 5.74) is 0. The summed E-state index contributed by atoms with van der Waals surface area (Å²) in [4.78, 5) is 0. The normalized spacial score (nSPS) is 32.9. The summed E-state index contributed by atoms with van der Waals surface area (Å²) >= 11 is 0. The summed E-state index contributed by atoms with van der Waals surface area (Å²) in [5.74, 6) is 1.43. The average Bonchev–Trinajstić information content (AvgIpc) is 2.21. The Hall–Kier alpha value is -0.300. The molecule has 1 fully saturated rings. The van der Waals surface area contributed by atoms with Crippen LogP contribution in [0.15, 0.2) is 12.7 Å². The molecule has 0 aromatic heterocycles. The molecule has 0 bridgehead atoms. The van der Waals surface area contributed by atoms with E-state index in [0.717, 1.165) is 18.8 Å². The van der Waals surface area contributed by atoms with Gasteiger partial charge in [0.05, 0.1) is 6.10 Å². The molecule has 82 valence electrons. The van der Waals surface area contributed by atoms with Crippen molar-refractivity contribution in [2.45, 2.75) is 58.0 Å². The molecule has 1 aliphatic carbocycles. The molecule has 1 aliphatic rings. The van der Waals surface area contributed by atoms with Crippen molar-refractivity contribution >= 4 is 0 Å². The Kier molecular flexibility index (Phi) is 5.24. The summed E-state index contributed by atoms with van der Waals surface area (Å²) in [7, 11) is 0. The zero-order valence-corrected chi connectivity index (χ0v) is 9.41. The predicted molar refractivity (Wildman–Crippen MR) is 61.2 cm³/mol. The summed E-state index contributed by atoms with van der Waals surface area (Å²) < 4.78 is 0. The molecule has 0 aromatic carbocycles. The minimum absolute atomic E-state index is 0.0254. The first kappa shape index (κ1) is 11.8. The zero-order valence-electron chi connectivity index (χ0n) is 9.41. The number of aliphatic hydroxyl groups is 1. The van der Waals surface area contributed by atoms with Crippen molar-refractivity contribution in [1.29, 1.82) is 0 Å². The van der Waals surface area contributed by atoms with Gasteiger partial charge in [0.1, 0.15) is 0 Å². The number of rotatable bonds is 5. The highest BCUT2D eigenvalue weighted by molar-refractivity contribution is 4.80. The van der Waals surface area contributed by atoms with Crippen molar-refractivity contribution in [3.63, 3.8) is 0 Å². The Labute approximate surface area is 88.2 Å². The van der Waals surface area contributed by atoms with Crippen LogP contribution in [0.4, 0.5) is 0 Å². The first-order valence-electron chi connectivity index (χ1n) is 6.06. The van der Waals surface area contributed by atoms with Crippen LogP contribution in [-0.4, -0.2) is 11.2 Å². The van der Waals surface area contributed by atoms with E-state index in [1.54, 1.807) is 0 Å². The molecule has 1 saturated carbocycles. The second-order valence-corrected chi connectivity index (χ2v) is 4.63.